The van der Waals surface area contributed by atoms with Crippen LogP contribution in [-0.2, 0) is 19.0 Å². The molecule has 190 valence electrons. The summed E-state index contributed by atoms with van der Waals surface area (Å²) in [6, 6.07) is 0. The van der Waals surface area contributed by atoms with Gasteiger partial charge in [-0.1, -0.05) is 6.92 Å². The molecule has 1 fully saturated rings. The first-order valence-electron chi connectivity index (χ1n) is 11.7. The van der Waals surface area contributed by atoms with E-state index in [0.29, 0.717) is 45.3 Å². The molecule has 0 bridgehead atoms. The Morgan fingerprint density at radius 2 is 1.91 bits per heavy atom. The number of carboxylic acids is 1. The van der Waals surface area contributed by atoms with Crippen molar-refractivity contribution in [2.45, 2.75) is 64.6 Å². The molecule has 2 N–H and O–H groups in total. The molecular formula is C22H40N4O6S. The number of morpholine rings is 1. The summed E-state index contributed by atoms with van der Waals surface area (Å²) >= 11 is 1.17. The Labute approximate surface area is 201 Å². The van der Waals surface area contributed by atoms with Gasteiger partial charge in [0.25, 0.3) is 5.88 Å². The maximum absolute atomic E-state index is 10.9. The molecule has 0 saturated carbocycles. The number of hydrogen-bond donors (Lipinski definition) is 2. The molecular weight excluding hydrogens is 448 g/mol. The summed E-state index contributed by atoms with van der Waals surface area (Å²) in [5.41, 5.74) is -0.973. The lowest BCUT2D eigenvalue weighted by Gasteiger charge is -2.31. The second kappa shape index (κ2) is 14.0. The second-order valence-corrected chi connectivity index (χ2v) is 9.55. The molecule has 0 aliphatic carbocycles. The number of nitrogens with one attached hydrogen (secondary N) is 1. The van der Waals surface area contributed by atoms with Crippen LogP contribution in [0.1, 0.15) is 53.4 Å². The van der Waals surface area contributed by atoms with Crippen LogP contribution in [0.25, 0.3) is 0 Å². The summed E-state index contributed by atoms with van der Waals surface area (Å²) in [5, 5.41) is 12.3. The predicted molar refractivity (Wildman–Crippen MR) is 127 cm³/mol. The van der Waals surface area contributed by atoms with E-state index >= 15 is 0 Å². The normalized spacial score (nSPS) is 16.5. The van der Waals surface area contributed by atoms with Gasteiger partial charge in [0.15, 0.2) is 0 Å². The van der Waals surface area contributed by atoms with Crippen LogP contribution in [0, 0.1) is 0 Å². The maximum atomic E-state index is 10.9. The molecule has 10 nitrogen and oxygen atoms in total. The molecule has 1 unspecified atom stereocenters. The number of carboxylic acid groups (broad SMARTS) is 1. The second-order valence-electron chi connectivity index (χ2n) is 9.03. The van der Waals surface area contributed by atoms with Crippen molar-refractivity contribution in [3.63, 3.8) is 0 Å². The molecule has 0 spiro atoms. The summed E-state index contributed by atoms with van der Waals surface area (Å²) in [4.78, 5) is 13.1. The van der Waals surface area contributed by atoms with Gasteiger partial charge in [0, 0.05) is 19.6 Å². The van der Waals surface area contributed by atoms with Crippen LogP contribution in [0.3, 0.4) is 0 Å². The number of aromatic nitrogens is 2. The lowest BCUT2D eigenvalue weighted by molar-refractivity contribution is -0.144. The molecule has 1 aliphatic rings. The van der Waals surface area contributed by atoms with E-state index in [1.165, 1.54) is 11.7 Å². The zero-order valence-corrected chi connectivity index (χ0v) is 21.2. The van der Waals surface area contributed by atoms with Crippen LogP contribution in [0.15, 0.2) is 0 Å². The molecule has 1 saturated heterocycles. The third-order valence-electron chi connectivity index (χ3n) is 5.67. The third kappa shape index (κ3) is 10.5. The van der Waals surface area contributed by atoms with Gasteiger partial charge < -0.3 is 34.3 Å². The van der Waals surface area contributed by atoms with Gasteiger partial charge in [-0.3, -0.25) is 4.79 Å². The number of ether oxygens (including phenoxy) is 4. The van der Waals surface area contributed by atoms with E-state index in [4.69, 9.17) is 24.1 Å². The summed E-state index contributed by atoms with van der Waals surface area (Å²) in [6.45, 7) is 14.0. The Bertz CT molecular complexity index is 698. The van der Waals surface area contributed by atoms with E-state index in [9.17, 15) is 4.79 Å². The number of anilines is 1. The maximum Gasteiger partial charge on any atom is 0.306 e. The lowest BCUT2D eigenvalue weighted by atomic mass is 9.99. The van der Waals surface area contributed by atoms with Crippen molar-refractivity contribution in [3.05, 3.63) is 0 Å². The summed E-state index contributed by atoms with van der Waals surface area (Å²) < 4.78 is 31.7. The predicted octanol–water partition coefficient (Wildman–Crippen LogP) is 2.58. The van der Waals surface area contributed by atoms with Gasteiger partial charge in [-0.2, -0.15) is 4.37 Å². The fourth-order valence-electron chi connectivity index (χ4n) is 3.41. The van der Waals surface area contributed by atoms with Crippen LogP contribution < -0.4 is 15.0 Å². The van der Waals surface area contributed by atoms with Crippen molar-refractivity contribution >= 4 is 23.5 Å². The lowest BCUT2D eigenvalue weighted by Crippen LogP contribution is -2.36. The molecule has 0 radical (unpaired) electrons. The minimum Gasteiger partial charge on any atom is -0.481 e. The van der Waals surface area contributed by atoms with Gasteiger partial charge >= 0.3 is 5.97 Å². The van der Waals surface area contributed by atoms with E-state index in [0.717, 1.165) is 44.8 Å². The van der Waals surface area contributed by atoms with Crippen molar-refractivity contribution in [2.75, 3.05) is 64.1 Å². The number of rotatable bonds is 17. The Hall–Kier alpha value is -1.53. The minimum absolute atomic E-state index is 0.0160. The molecule has 1 aromatic rings. The monoisotopic (exact) mass is 488 g/mol. The molecule has 33 heavy (non-hydrogen) atoms. The van der Waals surface area contributed by atoms with Gasteiger partial charge in [0.2, 0.25) is 5.82 Å². The van der Waals surface area contributed by atoms with Crippen molar-refractivity contribution in [3.8, 4) is 5.88 Å². The van der Waals surface area contributed by atoms with Gasteiger partial charge in [0.05, 0.1) is 62.4 Å². The molecule has 11 heteroatoms. The van der Waals surface area contributed by atoms with E-state index in [-0.39, 0.29) is 12.0 Å². The third-order valence-corrected chi connectivity index (χ3v) is 6.17. The molecule has 0 amide bonds. The van der Waals surface area contributed by atoms with Crippen LogP contribution in [0.4, 0.5) is 5.82 Å². The van der Waals surface area contributed by atoms with Crippen LogP contribution in [-0.4, -0.2) is 90.2 Å². The molecule has 2 rings (SSSR count). The van der Waals surface area contributed by atoms with E-state index in [1.54, 1.807) is 13.8 Å². The molecule has 1 aromatic heterocycles. The fraction of sp³-hybridized carbons (Fsp3) is 0.864. The minimum atomic E-state index is -0.855. The molecule has 0 aromatic carbocycles. The number of carbonyl (C=O) groups is 1. The highest BCUT2D eigenvalue weighted by Gasteiger charge is 2.26. The average Bonchev–Trinajstić information content (AvgIpc) is 3.23. The number of aliphatic carboxylic acids is 1. The van der Waals surface area contributed by atoms with Crippen LogP contribution in [0.5, 0.6) is 5.88 Å². The Morgan fingerprint density at radius 1 is 1.15 bits per heavy atom. The van der Waals surface area contributed by atoms with Crippen molar-refractivity contribution in [1.29, 1.82) is 0 Å². The highest BCUT2D eigenvalue weighted by atomic mass is 32.1. The number of hydrogen-bond acceptors (Lipinski definition) is 10. The Morgan fingerprint density at radius 3 is 2.61 bits per heavy atom. The molecule has 2 heterocycles. The van der Waals surface area contributed by atoms with Crippen molar-refractivity contribution < 1.29 is 28.8 Å². The SMILES string of the molecule is CCC(C)(CCOC(C)(C)CC(=O)O)OCCNCCCOc1nsnc1N1CCOCC1. The Kier molecular flexibility index (Phi) is 11.8. The van der Waals surface area contributed by atoms with Gasteiger partial charge in [-0.15, -0.1) is 4.37 Å². The summed E-state index contributed by atoms with van der Waals surface area (Å²) in [7, 11) is 0. The smallest absolute Gasteiger partial charge is 0.306 e. The standard InChI is InChI=1S/C22H40N4O6S/c1-5-22(4,7-13-31-21(2,3)17-18(27)28)32-14-9-23-8-6-12-30-20-19(24-33-25-20)26-10-15-29-16-11-26/h23H,5-17H2,1-4H3,(H,27,28). The largest absolute Gasteiger partial charge is 0.481 e. The van der Waals surface area contributed by atoms with E-state index < -0.39 is 11.6 Å². The van der Waals surface area contributed by atoms with Gasteiger partial charge in [0.1, 0.15) is 0 Å². The van der Waals surface area contributed by atoms with E-state index in [1.807, 2.05) is 0 Å². The molecule has 1 aliphatic heterocycles. The van der Waals surface area contributed by atoms with Crippen LogP contribution in [0.2, 0.25) is 0 Å². The first kappa shape index (κ1) is 27.7. The summed E-state index contributed by atoms with van der Waals surface area (Å²) in [5.74, 6) is 0.573. The van der Waals surface area contributed by atoms with Crippen molar-refractivity contribution in [2.24, 2.45) is 0 Å². The summed E-state index contributed by atoms with van der Waals surface area (Å²) in [6.07, 6.45) is 2.42. The highest BCUT2D eigenvalue weighted by molar-refractivity contribution is 6.99. The Balaban J connectivity index is 1.55. The van der Waals surface area contributed by atoms with Crippen LogP contribution >= 0.6 is 11.7 Å². The highest BCUT2D eigenvalue weighted by Crippen LogP contribution is 2.26. The van der Waals surface area contributed by atoms with E-state index in [2.05, 4.69) is 32.8 Å². The first-order valence-corrected chi connectivity index (χ1v) is 12.5. The quantitative estimate of drug-likeness (QED) is 0.317. The number of nitrogens with zero attached hydrogens (tertiary/aromatic N) is 3. The topological polar surface area (TPSA) is 115 Å². The fourth-order valence-corrected chi connectivity index (χ4v) is 3.93. The average molecular weight is 489 g/mol. The molecule has 1 atom stereocenters. The first-order chi connectivity index (χ1) is 15.7. The van der Waals surface area contributed by atoms with Gasteiger partial charge in [-0.25, -0.2) is 0 Å². The zero-order chi connectivity index (χ0) is 24.2. The van der Waals surface area contributed by atoms with Crippen molar-refractivity contribution in [1.82, 2.24) is 14.1 Å². The van der Waals surface area contributed by atoms with Gasteiger partial charge in [-0.05, 0) is 46.6 Å². The zero-order valence-electron chi connectivity index (χ0n) is 20.4.